The molecule has 0 aliphatic rings. The van der Waals surface area contributed by atoms with Crippen molar-refractivity contribution in [3.05, 3.63) is 21.7 Å². The van der Waals surface area contributed by atoms with Crippen LogP contribution in [-0.4, -0.2) is 20.8 Å². The van der Waals surface area contributed by atoms with Crippen LogP contribution in [-0.2, 0) is 0 Å². The van der Waals surface area contributed by atoms with Gasteiger partial charge in [0.05, 0.1) is 6.33 Å². The van der Waals surface area contributed by atoms with Gasteiger partial charge in [0.25, 0.3) is 5.56 Å². The molecular formula is C9H13BrClN3O. The molecular weight excluding hydrogens is 281 g/mol. The third-order valence-electron chi connectivity index (χ3n) is 1.86. The van der Waals surface area contributed by atoms with Crippen molar-refractivity contribution in [2.75, 3.05) is 5.32 Å². The monoisotopic (exact) mass is 293 g/mol. The minimum Gasteiger partial charge on any atom is -0.366 e. The van der Waals surface area contributed by atoms with Gasteiger partial charge in [0.15, 0.2) is 5.82 Å². The van der Waals surface area contributed by atoms with E-state index in [1.165, 1.54) is 6.33 Å². The van der Waals surface area contributed by atoms with Crippen molar-refractivity contribution in [3.8, 4) is 0 Å². The Morgan fingerprint density at radius 3 is 2.93 bits per heavy atom. The SMILES string of the molecule is CC(Br)CC(C)Nc1nc[nH]c(=O)c1Cl. The summed E-state index contributed by atoms with van der Waals surface area (Å²) in [6, 6.07) is 0.200. The van der Waals surface area contributed by atoms with E-state index >= 15 is 0 Å². The van der Waals surface area contributed by atoms with Gasteiger partial charge in [0.1, 0.15) is 5.02 Å². The average Bonchev–Trinajstić information content (AvgIpc) is 2.11. The number of halogens is 2. The van der Waals surface area contributed by atoms with Crippen LogP contribution in [0.25, 0.3) is 0 Å². The van der Waals surface area contributed by atoms with Gasteiger partial charge in [-0.25, -0.2) is 4.98 Å². The Bertz CT molecular complexity index is 380. The van der Waals surface area contributed by atoms with E-state index in [0.717, 1.165) is 6.42 Å². The van der Waals surface area contributed by atoms with E-state index in [4.69, 9.17) is 11.6 Å². The highest BCUT2D eigenvalue weighted by Crippen LogP contribution is 2.16. The predicted molar refractivity (Wildman–Crippen MR) is 66.0 cm³/mol. The van der Waals surface area contributed by atoms with Crippen LogP contribution in [0.1, 0.15) is 20.3 Å². The molecule has 0 radical (unpaired) electrons. The van der Waals surface area contributed by atoms with Gasteiger partial charge in [-0.15, -0.1) is 0 Å². The van der Waals surface area contributed by atoms with E-state index in [1.807, 2.05) is 6.92 Å². The molecule has 84 valence electrons. The fourth-order valence-electron chi connectivity index (χ4n) is 1.26. The largest absolute Gasteiger partial charge is 0.366 e. The standard InChI is InChI=1S/C9H13BrClN3O/c1-5(10)3-6(2)14-8-7(11)9(15)13-4-12-8/h4-6H,3H2,1-2H3,(H2,12,13,14,15). The lowest BCUT2D eigenvalue weighted by atomic mass is 10.2. The lowest BCUT2D eigenvalue weighted by molar-refractivity contribution is 0.704. The normalized spacial score (nSPS) is 14.7. The average molecular weight is 295 g/mol. The van der Waals surface area contributed by atoms with Crippen LogP contribution in [0.15, 0.2) is 11.1 Å². The Hall–Kier alpha value is -0.550. The van der Waals surface area contributed by atoms with Gasteiger partial charge in [0, 0.05) is 10.9 Å². The molecule has 1 aromatic rings. The topological polar surface area (TPSA) is 57.8 Å². The van der Waals surface area contributed by atoms with Crippen molar-refractivity contribution in [3.63, 3.8) is 0 Å². The zero-order chi connectivity index (χ0) is 11.4. The van der Waals surface area contributed by atoms with Crippen molar-refractivity contribution >= 4 is 33.3 Å². The van der Waals surface area contributed by atoms with Crippen molar-refractivity contribution in [2.24, 2.45) is 0 Å². The Labute approximate surface area is 102 Å². The van der Waals surface area contributed by atoms with E-state index in [-0.39, 0.29) is 16.6 Å². The maximum atomic E-state index is 11.2. The lowest BCUT2D eigenvalue weighted by Gasteiger charge is -2.15. The zero-order valence-electron chi connectivity index (χ0n) is 8.55. The van der Waals surface area contributed by atoms with Crippen LogP contribution < -0.4 is 10.9 Å². The Morgan fingerprint density at radius 2 is 2.33 bits per heavy atom. The summed E-state index contributed by atoms with van der Waals surface area (Å²) in [5.41, 5.74) is -0.326. The summed E-state index contributed by atoms with van der Waals surface area (Å²) in [7, 11) is 0. The van der Waals surface area contributed by atoms with Crippen LogP contribution in [0.4, 0.5) is 5.82 Å². The molecule has 0 saturated carbocycles. The molecule has 0 aliphatic carbocycles. The molecule has 2 N–H and O–H groups in total. The van der Waals surface area contributed by atoms with Crippen LogP contribution >= 0.6 is 27.5 Å². The minimum atomic E-state index is -0.326. The number of hydrogen-bond donors (Lipinski definition) is 2. The highest BCUT2D eigenvalue weighted by atomic mass is 79.9. The summed E-state index contributed by atoms with van der Waals surface area (Å²) in [5, 5.41) is 3.19. The molecule has 0 bridgehead atoms. The van der Waals surface area contributed by atoms with Gasteiger partial charge < -0.3 is 10.3 Å². The molecule has 0 amide bonds. The first-order chi connectivity index (χ1) is 7.00. The highest BCUT2D eigenvalue weighted by Gasteiger charge is 2.10. The van der Waals surface area contributed by atoms with Crippen molar-refractivity contribution in [2.45, 2.75) is 31.1 Å². The lowest BCUT2D eigenvalue weighted by Crippen LogP contribution is -2.21. The van der Waals surface area contributed by atoms with Gasteiger partial charge in [0.2, 0.25) is 0 Å². The number of rotatable bonds is 4. The number of nitrogens with one attached hydrogen (secondary N) is 2. The maximum Gasteiger partial charge on any atom is 0.271 e. The summed E-state index contributed by atoms with van der Waals surface area (Å²) in [4.78, 5) is 17.9. The minimum absolute atomic E-state index is 0.103. The highest BCUT2D eigenvalue weighted by molar-refractivity contribution is 9.09. The zero-order valence-corrected chi connectivity index (χ0v) is 10.9. The number of hydrogen-bond acceptors (Lipinski definition) is 3. The second-order valence-electron chi connectivity index (χ2n) is 3.46. The summed E-state index contributed by atoms with van der Waals surface area (Å²) in [5.74, 6) is 0.432. The quantitative estimate of drug-likeness (QED) is 0.838. The maximum absolute atomic E-state index is 11.2. The number of H-pyrrole nitrogens is 1. The second-order valence-corrected chi connectivity index (χ2v) is 5.40. The summed E-state index contributed by atoms with van der Waals surface area (Å²) in [6.45, 7) is 4.07. The molecule has 1 rings (SSSR count). The number of nitrogens with zero attached hydrogens (tertiary/aromatic N) is 1. The molecule has 1 aromatic heterocycles. The number of anilines is 1. The molecule has 2 atom stereocenters. The van der Waals surface area contributed by atoms with Gasteiger partial charge in [-0.05, 0) is 13.3 Å². The van der Waals surface area contributed by atoms with Crippen molar-refractivity contribution in [1.29, 1.82) is 0 Å². The Balaban J connectivity index is 2.72. The van der Waals surface area contributed by atoms with Crippen molar-refractivity contribution < 1.29 is 0 Å². The molecule has 2 unspecified atom stereocenters. The van der Waals surface area contributed by atoms with Crippen LogP contribution in [0.3, 0.4) is 0 Å². The number of alkyl halides is 1. The molecule has 6 heteroatoms. The summed E-state index contributed by atoms with van der Waals surface area (Å²) >= 11 is 9.25. The second kappa shape index (κ2) is 5.51. The molecule has 0 aliphatic heterocycles. The molecule has 15 heavy (non-hydrogen) atoms. The van der Waals surface area contributed by atoms with Crippen LogP contribution in [0, 0.1) is 0 Å². The first-order valence-corrected chi connectivity index (χ1v) is 5.94. The van der Waals surface area contributed by atoms with Crippen molar-refractivity contribution in [1.82, 2.24) is 9.97 Å². The van der Waals surface area contributed by atoms with E-state index in [0.29, 0.717) is 10.6 Å². The number of aromatic amines is 1. The van der Waals surface area contributed by atoms with Gasteiger partial charge >= 0.3 is 0 Å². The van der Waals surface area contributed by atoms with Gasteiger partial charge in [-0.3, -0.25) is 4.79 Å². The van der Waals surface area contributed by atoms with E-state index in [1.54, 1.807) is 0 Å². The molecule has 1 heterocycles. The summed E-state index contributed by atoms with van der Waals surface area (Å²) in [6.07, 6.45) is 2.26. The van der Waals surface area contributed by atoms with Gasteiger partial charge in [-0.1, -0.05) is 34.5 Å². The third-order valence-corrected chi connectivity index (χ3v) is 2.58. The smallest absolute Gasteiger partial charge is 0.271 e. The molecule has 0 aromatic carbocycles. The first kappa shape index (κ1) is 12.5. The molecule has 0 saturated heterocycles. The Kier molecular flexibility index (Phi) is 4.60. The predicted octanol–water partition coefficient (Wildman–Crippen LogP) is 2.40. The van der Waals surface area contributed by atoms with Crippen LogP contribution in [0.5, 0.6) is 0 Å². The van der Waals surface area contributed by atoms with Crippen LogP contribution in [0.2, 0.25) is 5.02 Å². The van der Waals surface area contributed by atoms with Gasteiger partial charge in [-0.2, -0.15) is 0 Å². The molecule has 0 spiro atoms. The fourth-order valence-corrected chi connectivity index (χ4v) is 1.98. The first-order valence-electron chi connectivity index (χ1n) is 4.64. The molecule has 0 fully saturated rings. The van der Waals surface area contributed by atoms with E-state index < -0.39 is 0 Å². The third kappa shape index (κ3) is 3.83. The summed E-state index contributed by atoms with van der Waals surface area (Å²) < 4.78 is 0. The van der Waals surface area contributed by atoms with E-state index in [9.17, 15) is 4.79 Å². The Morgan fingerprint density at radius 1 is 1.67 bits per heavy atom. The number of aromatic nitrogens is 2. The fraction of sp³-hybridized carbons (Fsp3) is 0.556. The molecule has 4 nitrogen and oxygen atoms in total. The van der Waals surface area contributed by atoms with E-state index in [2.05, 4.69) is 38.1 Å².